The average Bonchev–Trinajstić information content (AvgIpc) is 3.36. The maximum absolute atomic E-state index is 14.1. The summed E-state index contributed by atoms with van der Waals surface area (Å²) in [5.74, 6) is 1.37. The number of rotatable bonds is 5. The molecule has 3 N–H and O–H groups in total. The smallest absolute Gasteiger partial charge is 0.294 e. The molecule has 0 aliphatic carbocycles. The van der Waals surface area contributed by atoms with Crippen LogP contribution in [0.5, 0.6) is 11.5 Å². The third kappa shape index (κ3) is 3.90. The van der Waals surface area contributed by atoms with Gasteiger partial charge in [0.1, 0.15) is 5.82 Å². The lowest BCUT2D eigenvalue weighted by Gasteiger charge is -2.05. The van der Waals surface area contributed by atoms with Crippen molar-refractivity contribution in [2.45, 2.75) is 23.0 Å². The second kappa shape index (κ2) is 8.18. The summed E-state index contributed by atoms with van der Waals surface area (Å²) in [4.78, 5) is 13.1. The summed E-state index contributed by atoms with van der Waals surface area (Å²) in [5, 5.41) is 1.03. The minimum Gasteiger partial charge on any atom is -0.454 e. The van der Waals surface area contributed by atoms with Crippen LogP contribution in [0.1, 0.15) is 5.56 Å². The van der Waals surface area contributed by atoms with Crippen LogP contribution in [0.15, 0.2) is 51.2 Å². The molecule has 2 aromatic carbocycles. The summed E-state index contributed by atoms with van der Waals surface area (Å²) < 4.78 is 27.7. The van der Waals surface area contributed by atoms with Gasteiger partial charge in [-0.25, -0.2) is 8.96 Å². The predicted octanol–water partition coefficient (Wildman–Crippen LogP) is 4.51. The Labute approximate surface area is 193 Å². The molecule has 0 unspecified atom stereocenters. The Morgan fingerprint density at radius 2 is 2.10 bits per heavy atom. The van der Waals surface area contributed by atoms with E-state index in [1.54, 1.807) is 18.5 Å². The summed E-state index contributed by atoms with van der Waals surface area (Å²) in [7, 11) is 0. The highest BCUT2D eigenvalue weighted by molar-refractivity contribution is 9.10. The molecule has 0 atom stereocenters. The standard InChI is InChI=1S/C20H14BrClFN5O2S/c21-11-6-14-15(30-9-29-14)7-16(11)31-20-26-17-18(24)25-8-28(19(17)27-20)5-4-10-12(22)2-1-3-13(10)23/h1-3,6-8H,4-5,9H2,(H2,24,26,27)/p+1. The molecule has 0 bridgehead atoms. The largest absolute Gasteiger partial charge is 0.454 e. The number of nitrogens with zero attached hydrogens (tertiary/aromatic N) is 3. The number of nitrogen functional groups attached to an aromatic ring is 1. The van der Waals surface area contributed by atoms with Gasteiger partial charge in [0.15, 0.2) is 17.0 Å². The lowest BCUT2D eigenvalue weighted by atomic mass is 10.1. The van der Waals surface area contributed by atoms with Crippen LogP contribution in [0.25, 0.3) is 11.2 Å². The Kier molecular flexibility index (Phi) is 5.37. The maximum Gasteiger partial charge on any atom is 0.294 e. The molecular weight excluding hydrogens is 509 g/mol. The number of hydrogen-bond acceptors (Lipinski definition) is 6. The van der Waals surface area contributed by atoms with Crippen molar-refractivity contribution in [3.63, 3.8) is 0 Å². The molecule has 1 aliphatic heterocycles. The number of nitrogens with two attached hydrogens (primary N) is 1. The molecule has 158 valence electrons. The van der Waals surface area contributed by atoms with Crippen LogP contribution < -0.4 is 19.8 Å². The fourth-order valence-corrected chi connectivity index (χ4v) is 4.92. The number of fused-ring (bicyclic) bond motifs is 2. The van der Waals surface area contributed by atoms with Gasteiger partial charge in [-0.1, -0.05) is 27.6 Å². The number of H-pyrrole nitrogens is 1. The fourth-order valence-electron chi connectivity index (χ4n) is 3.28. The lowest BCUT2D eigenvalue weighted by Crippen LogP contribution is -2.36. The van der Waals surface area contributed by atoms with Crippen molar-refractivity contribution < 1.29 is 18.4 Å². The summed E-state index contributed by atoms with van der Waals surface area (Å²) >= 11 is 11.1. The van der Waals surface area contributed by atoms with Gasteiger partial charge in [-0.2, -0.15) is 0 Å². The Morgan fingerprint density at radius 1 is 1.29 bits per heavy atom. The molecule has 1 aliphatic rings. The van der Waals surface area contributed by atoms with Gasteiger partial charge in [0, 0.05) is 26.4 Å². The highest BCUT2D eigenvalue weighted by atomic mass is 79.9. The summed E-state index contributed by atoms with van der Waals surface area (Å²) in [5.41, 5.74) is 7.75. The van der Waals surface area contributed by atoms with E-state index in [9.17, 15) is 4.39 Å². The minimum atomic E-state index is -0.335. The fraction of sp³-hybridized carbons (Fsp3) is 0.150. The van der Waals surface area contributed by atoms with Gasteiger partial charge in [-0.3, -0.25) is 0 Å². The van der Waals surface area contributed by atoms with Crippen LogP contribution in [0, 0.1) is 5.82 Å². The molecule has 0 radical (unpaired) electrons. The highest BCUT2D eigenvalue weighted by Crippen LogP contribution is 2.42. The van der Waals surface area contributed by atoms with Gasteiger partial charge < -0.3 is 20.2 Å². The van der Waals surface area contributed by atoms with Gasteiger partial charge in [-0.05, 0) is 52.0 Å². The van der Waals surface area contributed by atoms with E-state index < -0.39 is 0 Å². The molecule has 0 saturated heterocycles. The number of nitrogens with one attached hydrogen (secondary N) is 1. The molecule has 3 heterocycles. The van der Waals surface area contributed by atoms with Crippen LogP contribution in [-0.4, -0.2) is 21.7 Å². The molecule has 11 heteroatoms. The van der Waals surface area contributed by atoms with Crippen LogP contribution >= 0.6 is 39.3 Å². The predicted molar refractivity (Wildman–Crippen MR) is 118 cm³/mol. The Morgan fingerprint density at radius 3 is 2.90 bits per heavy atom. The first-order chi connectivity index (χ1) is 15.0. The van der Waals surface area contributed by atoms with Gasteiger partial charge in [0.25, 0.3) is 5.65 Å². The van der Waals surface area contributed by atoms with Crippen molar-refractivity contribution in [2.24, 2.45) is 0 Å². The monoisotopic (exact) mass is 522 g/mol. The molecular formula is C20H15BrClFN5O2S+. The normalized spacial score (nSPS) is 12.6. The number of hydrogen-bond donors (Lipinski definition) is 2. The number of aryl methyl sites for hydroxylation is 1. The van der Waals surface area contributed by atoms with Crippen molar-refractivity contribution >= 4 is 56.3 Å². The van der Waals surface area contributed by atoms with Crippen LogP contribution in [-0.2, 0) is 13.0 Å². The third-order valence-corrected chi connectivity index (χ3v) is 7.04. The van der Waals surface area contributed by atoms with E-state index in [-0.39, 0.29) is 12.6 Å². The van der Waals surface area contributed by atoms with Crippen LogP contribution in [0.4, 0.5) is 10.2 Å². The average molecular weight is 524 g/mol. The summed E-state index contributed by atoms with van der Waals surface area (Å²) in [6.45, 7) is 0.641. The molecule has 0 fully saturated rings. The first kappa shape index (κ1) is 20.3. The minimum absolute atomic E-state index is 0.203. The van der Waals surface area contributed by atoms with E-state index in [0.717, 1.165) is 9.37 Å². The van der Waals surface area contributed by atoms with Crippen molar-refractivity contribution in [3.8, 4) is 11.5 Å². The number of aromatic nitrogens is 4. The molecule has 2 aromatic heterocycles. The SMILES string of the molecule is Nc1nc[n+](CCc2c(F)cccc2Cl)c2nc(Sc3cc4c(cc3Br)OCO4)[nH]c12. The van der Waals surface area contributed by atoms with E-state index in [1.165, 1.54) is 17.8 Å². The number of ether oxygens (including phenoxy) is 2. The Hall–Kier alpha value is -2.56. The Bertz CT molecular complexity index is 1300. The third-order valence-electron chi connectivity index (χ3n) is 4.83. The van der Waals surface area contributed by atoms with Crippen molar-refractivity contribution in [1.29, 1.82) is 0 Å². The van der Waals surface area contributed by atoms with Gasteiger partial charge in [-0.15, -0.1) is 0 Å². The van der Waals surface area contributed by atoms with Gasteiger partial charge in [0.05, 0.1) is 6.54 Å². The lowest BCUT2D eigenvalue weighted by molar-refractivity contribution is -0.675. The van der Waals surface area contributed by atoms with E-state index >= 15 is 0 Å². The molecule has 0 amide bonds. The van der Waals surface area contributed by atoms with Crippen LogP contribution in [0.3, 0.4) is 0 Å². The van der Waals surface area contributed by atoms with Crippen molar-refractivity contribution in [3.05, 3.63) is 57.5 Å². The zero-order valence-electron chi connectivity index (χ0n) is 15.9. The Balaban J connectivity index is 1.45. The number of imidazole rings is 1. The first-order valence-corrected chi connectivity index (χ1v) is 11.2. The molecule has 7 nitrogen and oxygen atoms in total. The molecule has 0 saturated carbocycles. The van der Waals surface area contributed by atoms with Crippen molar-refractivity contribution in [1.82, 2.24) is 15.0 Å². The zero-order valence-corrected chi connectivity index (χ0v) is 19.0. The maximum atomic E-state index is 14.1. The quantitative estimate of drug-likeness (QED) is 0.374. The first-order valence-electron chi connectivity index (χ1n) is 9.23. The second-order valence-corrected chi connectivity index (χ2v) is 9.04. The topological polar surface area (TPSA) is 89.9 Å². The van der Waals surface area contributed by atoms with E-state index in [2.05, 4.69) is 25.9 Å². The molecule has 0 spiro atoms. The molecule has 31 heavy (non-hydrogen) atoms. The second-order valence-electron chi connectivity index (χ2n) is 6.75. The van der Waals surface area contributed by atoms with Crippen molar-refractivity contribution in [2.75, 3.05) is 12.5 Å². The number of halogens is 3. The molecule has 5 rings (SSSR count). The van der Waals surface area contributed by atoms with E-state index in [0.29, 0.717) is 57.2 Å². The van der Waals surface area contributed by atoms with Gasteiger partial charge >= 0.3 is 0 Å². The number of benzene rings is 2. The summed E-state index contributed by atoms with van der Waals surface area (Å²) in [6.07, 6.45) is 1.98. The van der Waals surface area contributed by atoms with E-state index in [4.69, 9.17) is 31.8 Å². The summed E-state index contributed by atoms with van der Waals surface area (Å²) in [6, 6.07) is 8.41. The number of aromatic amines is 1. The van der Waals surface area contributed by atoms with E-state index in [1.807, 2.05) is 16.7 Å². The van der Waals surface area contributed by atoms with Crippen LogP contribution in [0.2, 0.25) is 5.02 Å². The highest BCUT2D eigenvalue weighted by Gasteiger charge is 2.22. The molecule has 4 aromatic rings. The van der Waals surface area contributed by atoms with Gasteiger partial charge in [0.2, 0.25) is 24.1 Å². The zero-order chi connectivity index (χ0) is 21.5. The number of anilines is 1.